The van der Waals surface area contributed by atoms with Gasteiger partial charge in [0.15, 0.2) is 0 Å². The second kappa shape index (κ2) is 4.79. The van der Waals surface area contributed by atoms with Crippen LogP contribution in [0.5, 0.6) is 0 Å². The number of hydrogen-bond acceptors (Lipinski definition) is 0. The lowest BCUT2D eigenvalue weighted by molar-refractivity contribution is 0.409. The summed E-state index contributed by atoms with van der Waals surface area (Å²) in [6.45, 7) is 4.69. The Kier molecular flexibility index (Phi) is 3.96. The Morgan fingerprint density at radius 3 is 2.45 bits per heavy atom. The van der Waals surface area contributed by atoms with Crippen LogP contribution in [0.25, 0.3) is 0 Å². The van der Waals surface area contributed by atoms with Crippen LogP contribution in [0.3, 0.4) is 0 Å². The largest absolute Gasteiger partial charge is 0.0651 e. The zero-order chi connectivity index (χ0) is 8.10. The number of rotatable bonds is 4. The summed E-state index contributed by atoms with van der Waals surface area (Å²) < 4.78 is 0. The van der Waals surface area contributed by atoms with Crippen LogP contribution in [-0.4, -0.2) is 0 Å². The molecular weight excluding hydrogens is 132 g/mol. The first-order valence-corrected chi connectivity index (χ1v) is 5.33. The molecule has 0 aliphatic heterocycles. The third-order valence-electron chi connectivity index (χ3n) is 3.24. The van der Waals surface area contributed by atoms with E-state index in [0.29, 0.717) is 0 Å². The van der Waals surface area contributed by atoms with Crippen molar-refractivity contribution >= 4 is 0 Å². The molecule has 0 spiro atoms. The van der Waals surface area contributed by atoms with Gasteiger partial charge in [-0.15, -0.1) is 0 Å². The molecule has 1 unspecified atom stereocenters. The molecule has 66 valence electrons. The van der Waals surface area contributed by atoms with Gasteiger partial charge in [0.05, 0.1) is 0 Å². The summed E-state index contributed by atoms with van der Waals surface area (Å²) >= 11 is 0. The minimum absolute atomic E-state index is 0.968. The van der Waals surface area contributed by atoms with Crippen LogP contribution >= 0.6 is 0 Å². The summed E-state index contributed by atoms with van der Waals surface area (Å²) in [6.07, 6.45) is 10.4. The SMILES string of the molecule is CCC(C)CCC1CCCC1. The lowest BCUT2D eigenvalue weighted by Crippen LogP contribution is -1.98. The van der Waals surface area contributed by atoms with Gasteiger partial charge >= 0.3 is 0 Å². The monoisotopic (exact) mass is 154 g/mol. The molecule has 0 aromatic rings. The van der Waals surface area contributed by atoms with Crippen molar-refractivity contribution < 1.29 is 0 Å². The molecule has 1 aliphatic carbocycles. The van der Waals surface area contributed by atoms with E-state index in [1.54, 1.807) is 0 Å². The Hall–Kier alpha value is 0. The third kappa shape index (κ3) is 3.27. The van der Waals surface area contributed by atoms with Crippen LogP contribution in [0.1, 0.15) is 58.8 Å². The van der Waals surface area contributed by atoms with E-state index in [9.17, 15) is 0 Å². The molecule has 0 N–H and O–H groups in total. The Balaban J connectivity index is 2.01. The highest BCUT2D eigenvalue weighted by Gasteiger charge is 2.14. The minimum atomic E-state index is 0.968. The molecule has 1 aliphatic rings. The van der Waals surface area contributed by atoms with E-state index in [-0.39, 0.29) is 0 Å². The van der Waals surface area contributed by atoms with Crippen LogP contribution in [0, 0.1) is 11.8 Å². The van der Waals surface area contributed by atoms with Gasteiger partial charge in [0.2, 0.25) is 0 Å². The van der Waals surface area contributed by atoms with E-state index in [0.717, 1.165) is 11.8 Å². The van der Waals surface area contributed by atoms with Crippen molar-refractivity contribution in [2.24, 2.45) is 11.8 Å². The van der Waals surface area contributed by atoms with Gasteiger partial charge in [0, 0.05) is 0 Å². The fraction of sp³-hybridized carbons (Fsp3) is 1.00. The Labute approximate surface area is 71.4 Å². The third-order valence-corrected chi connectivity index (χ3v) is 3.24. The molecule has 0 heterocycles. The van der Waals surface area contributed by atoms with Gasteiger partial charge in [-0.3, -0.25) is 0 Å². The minimum Gasteiger partial charge on any atom is -0.0651 e. The lowest BCUT2D eigenvalue weighted by Gasteiger charge is -2.12. The fourth-order valence-corrected chi connectivity index (χ4v) is 2.02. The van der Waals surface area contributed by atoms with Crippen molar-refractivity contribution in [3.8, 4) is 0 Å². The maximum Gasteiger partial charge on any atom is -0.0414 e. The smallest absolute Gasteiger partial charge is 0.0414 e. The molecule has 11 heavy (non-hydrogen) atoms. The standard InChI is InChI=1S/C11H22/c1-3-10(2)8-9-11-6-4-5-7-11/h10-11H,3-9H2,1-2H3. The molecule has 0 aromatic heterocycles. The van der Waals surface area contributed by atoms with Gasteiger partial charge in [-0.1, -0.05) is 58.8 Å². The molecule has 1 atom stereocenters. The molecular formula is C11H22. The van der Waals surface area contributed by atoms with E-state index < -0.39 is 0 Å². The molecule has 0 aromatic carbocycles. The van der Waals surface area contributed by atoms with E-state index in [1.165, 1.54) is 44.9 Å². The van der Waals surface area contributed by atoms with Crippen LogP contribution in [0.2, 0.25) is 0 Å². The first kappa shape index (κ1) is 9.09. The second-order valence-electron chi connectivity index (χ2n) is 4.24. The van der Waals surface area contributed by atoms with Crippen molar-refractivity contribution in [1.82, 2.24) is 0 Å². The topological polar surface area (TPSA) is 0 Å². The van der Waals surface area contributed by atoms with Crippen molar-refractivity contribution in [2.75, 3.05) is 0 Å². The van der Waals surface area contributed by atoms with E-state index in [1.807, 2.05) is 0 Å². The first-order chi connectivity index (χ1) is 5.33. The quantitative estimate of drug-likeness (QED) is 0.574. The molecule has 0 radical (unpaired) electrons. The average molecular weight is 154 g/mol. The Morgan fingerprint density at radius 2 is 1.91 bits per heavy atom. The van der Waals surface area contributed by atoms with Crippen LogP contribution in [0.15, 0.2) is 0 Å². The molecule has 1 saturated carbocycles. The summed E-state index contributed by atoms with van der Waals surface area (Å²) in [5.41, 5.74) is 0. The van der Waals surface area contributed by atoms with Crippen molar-refractivity contribution in [3.05, 3.63) is 0 Å². The summed E-state index contributed by atoms with van der Waals surface area (Å²) in [6, 6.07) is 0. The summed E-state index contributed by atoms with van der Waals surface area (Å²) in [5.74, 6) is 2.07. The van der Waals surface area contributed by atoms with E-state index in [2.05, 4.69) is 13.8 Å². The van der Waals surface area contributed by atoms with Gasteiger partial charge in [0.1, 0.15) is 0 Å². The van der Waals surface area contributed by atoms with Gasteiger partial charge in [-0.2, -0.15) is 0 Å². The van der Waals surface area contributed by atoms with Gasteiger partial charge in [-0.05, 0) is 11.8 Å². The lowest BCUT2D eigenvalue weighted by atomic mass is 9.94. The van der Waals surface area contributed by atoms with Gasteiger partial charge < -0.3 is 0 Å². The Bertz CT molecular complexity index is 90.2. The molecule has 0 nitrogen and oxygen atoms in total. The summed E-state index contributed by atoms with van der Waals surface area (Å²) in [4.78, 5) is 0. The predicted octanol–water partition coefficient (Wildman–Crippen LogP) is 4.00. The summed E-state index contributed by atoms with van der Waals surface area (Å²) in [7, 11) is 0. The van der Waals surface area contributed by atoms with Crippen molar-refractivity contribution in [1.29, 1.82) is 0 Å². The zero-order valence-electron chi connectivity index (χ0n) is 8.10. The predicted molar refractivity (Wildman–Crippen MR) is 50.6 cm³/mol. The average Bonchev–Trinajstić information content (AvgIpc) is 2.52. The molecule has 0 amide bonds. The highest BCUT2D eigenvalue weighted by Crippen LogP contribution is 2.30. The van der Waals surface area contributed by atoms with Crippen LogP contribution < -0.4 is 0 Å². The maximum atomic E-state index is 2.38. The highest BCUT2D eigenvalue weighted by molar-refractivity contribution is 4.68. The van der Waals surface area contributed by atoms with Gasteiger partial charge in [-0.25, -0.2) is 0 Å². The molecule has 1 rings (SSSR count). The van der Waals surface area contributed by atoms with E-state index >= 15 is 0 Å². The normalized spacial score (nSPS) is 22.4. The summed E-state index contributed by atoms with van der Waals surface area (Å²) in [5, 5.41) is 0. The maximum absolute atomic E-state index is 2.38. The van der Waals surface area contributed by atoms with E-state index in [4.69, 9.17) is 0 Å². The Morgan fingerprint density at radius 1 is 1.27 bits per heavy atom. The molecule has 0 saturated heterocycles. The van der Waals surface area contributed by atoms with Crippen molar-refractivity contribution in [2.45, 2.75) is 58.8 Å². The fourth-order valence-electron chi connectivity index (χ4n) is 2.02. The molecule has 0 heteroatoms. The second-order valence-corrected chi connectivity index (χ2v) is 4.24. The van der Waals surface area contributed by atoms with Gasteiger partial charge in [0.25, 0.3) is 0 Å². The molecule has 1 fully saturated rings. The zero-order valence-corrected chi connectivity index (χ0v) is 8.10. The first-order valence-electron chi connectivity index (χ1n) is 5.33. The molecule has 0 bridgehead atoms. The van der Waals surface area contributed by atoms with Crippen LogP contribution in [0.4, 0.5) is 0 Å². The number of hydrogen-bond donors (Lipinski definition) is 0. The highest BCUT2D eigenvalue weighted by atomic mass is 14.2. The van der Waals surface area contributed by atoms with Crippen LogP contribution in [-0.2, 0) is 0 Å². The van der Waals surface area contributed by atoms with Crippen molar-refractivity contribution in [3.63, 3.8) is 0 Å².